The zero-order valence-corrected chi connectivity index (χ0v) is 12.9. The van der Waals surface area contributed by atoms with Crippen molar-refractivity contribution in [3.8, 4) is 10.6 Å². The molecule has 0 aliphatic rings. The highest BCUT2D eigenvalue weighted by molar-refractivity contribution is 7.15. The second kappa shape index (κ2) is 5.21. The predicted octanol–water partition coefficient (Wildman–Crippen LogP) is 3.35. The molecule has 0 spiro atoms. The first-order chi connectivity index (χ1) is 10.0. The van der Waals surface area contributed by atoms with Crippen molar-refractivity contribution in [1.29, 1.82) is 0 Å². The summed E-state index contributed by atoms with van der Waals surface area (Å²) in [5, 5.41) is 9.91. The minimum absolute atomic E-state index is 0.161. The topological polar surface area (TPSA) is 62.7 Å². The van der Waals surface area contributed by atoms with Gasteiger partial charge in [0.15, 0.2) is 5.82 Å². The van der Waals surface area contributed by atoms with E-state index in [2.05, 4.69) is 28.5 Å². The molecule has 0 saturated heterocycles. The third-order valence-electron chi connectivity index (χ3n) is 3.43. The van der Waals surface area contributed by atoms with Gasteiger partial charge in [-0.3, -0.25) is 9.89 Å². The van der Waals surface area contributed by atoms with Gasteiger partial charge in [0, 0.05) is 23.7 Å². The fourth-order valence-corrected chi connectivity index (χ4v) is 2.95. The van der Waals surface area contributed by atoms with Crippen LogP contribution in [-0.2, 0) is 7.05 Å². The molecule has 6 heteroatoms. The molecule has 2 N–H and O–H groups in total. The van der Waals surface area contributed by atoms with Crippen LogP contribution in [0.1, 0.15) is 21.1 Å². The largest absolute Gasteiger partial charge is 0.344 e. The number of H-pyrrole nitrogens is 1. The predicted molar refractivity (Wildman–Crippen MR) is 84.7 cm³/mol. The lowest BCUT2D eigenvalue weighted by atomic mass is 10.3. The van der Waals surface area contributed by atoms with Crippen molar-refractivity contribution >= 4 is 23.1 Å². The third-order valence-corrected chi connectivity index (χ3v) is 4.46. The lowest BCUT2D eigenvalue weighted by molar-refractivity contribution is 0.101. The summed E-state index contributed by atoms with van der Waals surface area (Å²) in [6.07, 6.45) is 0. The summed E-state index contributed by atoms with van der Waals surface area (Å²) in [7, 11) is 1.87. The van der Waals surface area contributed by atoms with E-state index in [1.54, 1.807) is 17.4 Å². The second-order valence-corrected chi connectivity index (χ2v) is 6.24. The fraction of sp³-hybridized carbons (Fsp3) is 0.200. The van der Waals surface area contributed by atoms with E-state index in [4.69, 9.17) is 0 Å². The van der Waals surface area contributed by atoms with Crippen LogP contribution in [0.25, 0.3) is 10.6 Å². The van der Waals surface area contributed by atoms with E-state index >= 15 is 0 Å². The highest BCUT2D eigenvalue weighted by Crippen LogP contribution is 2.27. The third kappa shape index (κ3) is 2.62. The first-order valence-corrected chi connectivity index (χ1v) is 7.42. The zero-order chi connectivity index (χ0) is 15.0. The summed E-state index contributed by atoms with van der Waals surface area (Å²) in [6, 6.07) is 9.67. The van der Waals surface area contributed by atoms with Gasteiger partial charge in [-0.05, 0) is 38.1 Å². The Balaban J connectivity index is 1.78. The van der Waals surface area contributed by atoms with Crippen molar-refractivity contribution in [3.05, 3.63) is 46.6 Å². The summed E-state index contributed by atoms with van der Waals surface area (Å²) in [4.78, 5) is 14.6. The molecule has 3 rings (SSSR count). The van der Waals surface area contributed by atoms with Crippen LogP contribution in [0.5, 0.6) is 0 Å². The quantitative estimate of drug-likeness (QED) is 0.779. The maximum absolute atomic E-state index is 12.2. The molecule has 3 aromatic heterocycles. The Kier molecular flexibility index (Phi) is 3.39. The zero-order valence-electron chi connectivity index (χ0n) is 12.1. The number of nitrogens with zero attached hydrogens (tertiary/aromatic N) is 2. The van der Waals surface area contributed by atoms with Crippen molar-refractivity contribution in [2.24, 2.45) is 7.05 Å². The number of carbonyl (C=O) groups is 1. The maximum atomic E-state index is 12.2. The molecule has 0 fully saturated rings. The minimum Gasteiger partial charge on any atom is -0.344 e. The normalized spacial score (nSPS) is 10.8. The maximum Gasteiger partial charge on any atom is 0.273 e. The number of thiophene rings is 1. The smallest absolute Gasteiger partial charge is 0.273 e. The van der Waals surface area contributed by atoms with Gasteiger partial charge in [0.2, 0.25) is 0 Å². The van der Waals surface area contributed by atoms with Crippen molar-refractivity contribution < 1.29 is 4.79 Å². The molecule has 0 aliphatic carbocycles. The average Bonchev–Trinajstić information content (AvgIpc) is 3.13. The van der Waals surface area contributed by atoms with Crippen LogP contribution in [0.3, 0.4) is 0 Å². The van der Waals surface area contributed by atoms with E-state index in [0.717, 1.165) is 16.3 Å². The van der Waals surface area contributed by atoms with Gasteiger partial charge in [0.25, 0.3) is 5.91 Å². The molecule has 0 atom stereocenters. The Morgan fingerprint density at radius 1 is 1.29 bits per heavy atom. The van der Waals surface area contributed by atoms with Crippen molar-refractivity contribution in [1.82, 2.24) is 14.8 Å². The molecular weight excluding hydrogens is 284 g/mol. The van der Waals surface area contributed by atoms with E-state index in [-0.39, 0.29) is 5.91 Å². The summed E-state index contributed by atoms with van der Waals surface area (Å²) in [6.45, 7) is 4.02. The Morgan fingerprint density at radius 2 is 2.10 bits per heavy atom. The number of aryl methyl sites for hydroxylation is 2. The number of rotatable bonds is 3. The van der Waals surface area contributed by atoms with Gasteiger partial charge in [-0.1, -0.05) is 0 Å². The molecule has 3 aromatic rings. The monoisotopic (exact) mass is 300 g/mol. The van der Waals surface area contributed by atoms with Crippen LogP contribution in [0, 0.1) is 13.8 Å². The molecule has 0 bridgehead atoms. The number of anilines is 1. The molecule has 0 unspecified atom stereocenters. The number of aromatic amines is 1. The average molecular weight is 300 g/mol. The summed E-state index contributed by atoms with van der Waals surface area (Å²) in [5.41, 5.74) is 2.56. The molecule has 3 heterocycles. The summed E-state index contributed by atoms with van der Waals surface area (Å²) < 4.78 is 1.85. The number of nitrogens with one attached hydrogen (secondary N) is 2. The SMILES string of the molecule is Cc1ccc(-c2cc(NC(=O)c3ccc(C)n3C)n[nH]2)s1. The van der Waals surface area contributed by atoms with E-state index in [1.807, 2.05) is 36.7 Å². The van der Waals surface area contributed by atoms with Crippen molar-refractivity contribution in [2.45, 2.75) is 13.8 Å². The van der Waals surface area contributed by atoms with Crippen molar-refractivity contribution in [2.75, 3.05) is 5.32 Å². The van der Waals surface area contributed by atoms with Gasteiger partial charge in [-0.25, -0.2) is 0 Å². The van der Waals surface area contributed by atoms with E-state index in [9.17, 15) is 4.79 Å². The number of hydrogen-bond donors (Lipinski definition) is 2. The van der Waals surface area contributed by atoms with E-state index in [0.29, 0.717) is 11.5 Å². The Morgan fingerprint density at radius 3 is 2.71 bits per heavy atom. The number of carbonyl (C=O) groups excluding carboxylic acids is 1. The summed E-state index contributed by atoms with van der Waals surface area (Å²) in [5.74, 6) is 0.367. The van der Waals surface area contributed by atoms with E-state index in [1.165, 1.54) is 4.88 Å². The van der Waals surface area contributed by atoms with Gasteiger partial charge >= 0.3 is 0 Å². The molecule has 0 aliphatic heterocycles. The number of amides is 1. The molecule has 108 valence electrons. The molecule has 21 heavy (non-hydrogen) atoms. The van der Waals surface area contributed by atoms with Crippen molar-refractivity contribution in [3.63, 3.8) is 0 Å². The van der Waals surface area contributed by atoms with Crippen LogP contribution in [-0.4, -0.2) is 20.7 Å². The number of hydrogen-bond acceptors (Lipinski definition) is 3. The minimum atomic E-state index is -0.161. The highest BCUT2D eigenvalue weighted by Gasteiger charge is 2.13. The Bertz CT molecular complexity index is 796. The first kappa shape index (κ1) is 13.6. The highest BCUT2D eigenvalue weighted by atomic mass is 32.1. The molecule has 5 nitrogen and oxygen atoms in total. The lowest BCUT2D eigenvalue weighted by Crippen LogP contribution is -2.16. The van der Waals surface area contributed by atoms with Crippen LogP contribution in [0.2, 0.25) is 0 Å². The Labute approximate surface area is 126 Å². The van der Waals surface area contributed by atoms with Crippen LogP contribution in [0.4, 0.5) is 5.82 Å². The van der Waals surface area contributed by atoms with E-state index < -0.39 is 0 Å². The molecular formula is C15H16N4OS. The Hall–Kier alpha value is -2.34. The molecule has 0 radical (unpaired) electrons. The van der Waals surface area contributed by atoms with Gasteiger partial charge < -0.3 is 9.88 Å². The lowest BCUT2D eigenvalue weighted by Gasteiger charge is -2.04. The molecule has 0 aromatic carbocycles. The van der Waals surface area contributed by atoms with Gasteiger partial charge in [0.1, 0.15) is 5.69 Å². The molecule has 0 saturated carbocycles. The first-order valence-electron chi connectivity index (χ1n) is 6.60. The number of aromatic nitrogens is 3. The van der Waals surface area contributed by atoms with Crippen LogP contribution >= 0.6 is 11.3 Å². The van der Waals surface area contributed by atoms with Gasteiger partial charge in [0.05, 0.1) is 10.6 Å². The van der Waals surface area contributed by atoms with Gasteiger partial charge in [-0.2, -0.15) is 5.10 Å². The van der Waals surface area contributed by atoms with Crippen LogP contribution < -0.4 is 5.32 Å². The second-order valence-electron chi connectivity index (χ2n) is 4.95. The van der Waals surface area contributed by atoms with Gasteiger partial charge in [-0.15, -0.1) is 11.3 Å². The van der Waals surface area contributed by atoms with Crippen LogP contribution in [0.15, 0.2) is 30.3 Å². The fourth-order valence-electron chi connectivity index (χ4n) is 2.11. The summed E-state index contributed by atoms with van der Waals surface area (Å²) >= 11 is 1.69. The standard InChI is InChI=1S/C15H16N4OS/c1-9-4-6-12(19(9)3)15(20)16-14-8-11(17-18-14)13-7-5-10(2)21-13/h4-8H,1-3H3,(H2,16,17,18,20). The molecule has 1 amide bonds.